The van der Waals surface area contributed by atoms with Crippen molar-refractivity contribution in [3.8, 4) is 17.6 Å². The molecular formula is C25H19Br2IN2O3. The average Bonchev–Trinajstić information content (AvgIpc) is 2.79. The Labute approximate surface area is 223 Å². The van der Waals surface area contributed by atoms with Crippen molar-refractivity contribution in [3.05, 3.63) is 89.9 Å². The van der Waals surface area contributed by atoms with Gasteiger partial charge in [0, 0.05) is 14.6 Å². The number of carbonyl (C=O) groups is 1. The van der Waals surface area contributed by atoms with E-state index < -0.39 is 5.91 Å². The summed E-state index contributed by atoms with van der Waals surface area (Å²) in [5.74, 6) is 0.692. The molecular weight excluding hydrogens is 663 g/mol. The molecule has 0 aliphatic carbocycles. The predicted molar refractivity (Wildman–Crippen MR) is 145 cm³/mol. The maximum atomic E-state index is 12.6. The Morgan fingerprint density at radius 2 is 1.70 bits per heavy atom. The standard InChI is InChI=1S/C25H19Br2IN2O3/c1-2-32-23-13-17(11-18(14-29)25(31)30-21-9-7-20(27)8-10-21)12-22(28)24(23)33-15-16-3-5-19(26)6-4-16/h3-13H,2,15H2,1H3,(H,30,31)/b18-11+. The zero-order chi connectivity index (χ0) is 23.8. The van der Waals surface area contributed by atoms with Crippen LogP contribution in [0.15, 0.2) is 75.2 Å². The van der Waals surface area contributed by atoms with Crippen LogP contribution in [0.1, 0.15) is 18.1 Å². The van der Waals surface area contributed by atoms with E-state index in [4.69, 9.17) is 9.47 Å². The lowest BCUT2D eigenvalue weighted by atomic mass is 10.1. The number of carbonyl (C=O) groups excluding carboxylic acids is 1. The van der Waals surface area contributed by atoms with Crippen LogP contribution in [-0.2, 0) is 11.4 Å². The second-order valence-corrected chi connectivity index (χ2v) is 9.80. The van der Waals surface area contributed by atoms with Gasteiger partial charge < -0.3 is 14.8 Å². The van der Waals surface area contributed by atoms with Crippen LogP contribution in [0.5, 0.6) is 11.5 Å². The maximum absolute atomic E-state index is 12.6. The van der Waals surface area contributed by atoms with Crippen LogP contribution in [0.2, 0.25) is 0 Å². The van der Waals surface area contributed by atoms with Crippen molar-refractivity contribution in [2.45, 2.75) is 13.5 Å². The number of anilines is 1. The highest BCUT2D eigenvalue weighted by atomic mass is 127. The molecule has 1 amide bonds. The Morgan fingerprint density at radius 1 is 1.06 bits per heavy atom. The number of hydrogen-bond donors (Lipinski definition) is 1. The molecule has 0 atom stereocenters. The van der Waals surface area contributed by atoms with E-state index in [9.17, 15) is 10.1 Å². The number of nitrogens with zero attached hydrogens (tertiary/aromatic N) is 1. The molecule has 0 spiro atoms. The van der Waals surface area contributed by atoms with E-state index >= 15 is 0 Å². The highest BCUT2D eigenvalue weighted by Gasteiger charge is 2.15. The Morgan fingerprint density at radius 3 is 2.30 bits per heavy atom. The van der Waals surface area contributed by atoms with Gasteiger partial charge in [-0.25, -0.2) is 0 Å². The normalized spacial score (nSPS) is 10.9. The molecule has 33 heavy (non-hydrogen) atoms. The van der Waals surface area contributed by atoms with E-state index in [1.807, 2.05) is 55.5 Å². The van der Waals surface area contributed by atoms with Gasteiger partial charge in [0.05, 0.1) is 10.2 Å². The van der Waals surface area contributed by atoms with Gasteiger partial charge in [0.15, 0.2) is 11.5 Å². The fourth-order valence-electron chi connectivity index (χ4n) is 2.86. The van der Waals surface area contributed by atoms with E-state index in [1.165, 1.54) is 6.08 Å². The molecule has 0 heterocycles. The van der Waals surface area contributed by atoms with Crippen molar-refractivity contribution in [1.29, 1.82) is 5.26 Å². The molecule has 0 saturated carbocycles. The zero-order valence-electron chi connectivity index (χ0n) is 17.6. The van der Waals surface area contributed by atoms with Crippen molar-refractivity contribution in [1.82, 2.24) is 0 Å². The molecule has 3 rings (SSSR count). The van der Waals surface area contributed by atoms with Crippen LogP contribution in [0, 0.1) is 14.9 Å². The Balaban J connectivity index is 1.83. The molecule has 168 valence electrons. The number of amides is 1. The van der Waals surface area contributed by atoms with Crippen molar-refractivity contribution < 1.29 is 14.3 Å². The highest BCUT2D eigenvalue weighted by Crippen LogP contribution is 2.35. The van der Waals surface area contributed by atoms with Crippen LogP contribution >= 0.6 is 54.5 Å². The average molecular weight is 682 g/mol. The topological polar surface area (TPSA) is 71.3 Å². The van der Waals surface area contributed by atoms with Crippen molar-refractivity contribution >= 4 is 72.1 Å². The van der Waals surface area contributed by atoms with Crippen LogP contribution in [0.25, 0.3) is 6.08 Å². The summed E-state index contributed by atoms with van der Waals surface area (Å²) in [6, 6.07) is 20.6. The molecule has 5 nitrogen and oxygen atoms in total. The summed E-state index contributed by atoms with van der Waals surface area (Å²) in [5, 5.41) is 12.3. The van der Waals surface area contributed by atoms with Gasteiger partial charge in [-0.3, -0.25) is 4.79 Å². The molecule has 0 saturated heterocycles. The molecule has 0 aliphatic heterocycles. The van der Waals surface area contributed by atoms with Gasteiger partial charge in [-0.05, 0) is 95.2 Å². The van der Waals surface area contributed by atoms with Crippen molar-refractivity contribution in [2.75, 3.05) is 11.9 Å². The number of rotatable bonds is 8. The number of ether oxygens (including phenoxy) is 2. The summed E-state index contributed by atoms with van der Waals surface area (Å²) >= 11 is 8.95. The molecule has 0 radical (unpaired) electrons. The smallest absolute Gasteiger partial charge is 0.266 e. The summed E-state index contributed by atoms with van der Waals surface area (Å²) in [4.78, 5) is 12.6. The molecule has 0 aromatic heterocycles. The third-order valence-electron chi connectivity index (χ3n) is 4.41. The quantitative estimate of drug-likeness (QED) is 0.154. The van der Waals surface area contributed by atoms with E-state index in [0.29, 0.717) is 36.0 Å². The second-order valence-electron chi connectivity index (χ2n) is 6.81. The molecule has 0 unspecified atom stereocenters. The van der Waals surface area contributed by atoms with Gasteiger partial charge in [0.25, 0.3) is 5.91 Å². The molecule has 0 aliphatic rings. The van der Waals surface area contributed by atoms with Gasteiger partial charge in [0.1, 0.15) is 18.2 Å². The Bertz CT molecular complexity index is 1200. The number of benzene rings is 3. The summed E-state index contributed by atoms with van der Waals surface area (Å²) in [5.41, 5.74) is 2.28. The Kier molecular flexibility index (Phi) is 9.35. The van der Waals surface area contributed by atoms with Crippen LogP contribution in [0.4, 0.5) is 5.69 Å². The minimum absolute atomic E-state index is 0.0142. The van der Waals surface area contributed by atoms with Gasteiger partial charge in [-0.1, -0.05) is 44.0 Å². The first kappa shape index (κ1) is 25.3. The summed E-state index contributed by atoms with van der Waals surface area (Å²) in [7, 11) is 0. The predicted octanol–water partition coefficient (Wildman–Crippen LogP) is 7.34. The third kappa shape index (κ3) is 7.32. The fraction of sp³-hybridized carbons (Fsp3) is 0.120. The van der Waals surface area contributed by atoms with E-state index in [1.54, 1.807) is 18.2 Å². The molecule has 3 aromatic carbocycles. The van der Waals surface area contributed by atoms with E-state index in [2.05, 4.69) is 59.8 Å². The molecule has 0 bridgehead atoms. The molecule has 3 aromatic rings. The van der Waals surface area contributed by atoms with E-state index in [0.717, 1.165) is 18.1 Å². The number of nitriles is 1. The minimum Gasteiger partial charge on any atom is -0.490 e. The van der Waals surface area contributed by atoms with Crippen molar-refractivity contribution in [2.24, 2.45) is 0 Å². The first-order valence-electron chi connectivity index (χ1n) is 9.92. The lowest BCUT2D eigenvalue weighted by molar-refractivity contribution is -0.112. The van der Waals surface area contributed by atoms with Crippen LogP contribution in [-0.4, -0.2) is 12.5 Å². The second kappa shape index (κ2) is 12.2. The lowest BCUT2D eigenvalue weighted by Gasteiger charge is -2.15. The monoisotopic (exact) mass is 680 g/mol. The van der Waals surface area contributed by atoms with Gasteiger partial charge in [-0.2, -0.15) is 5.26 Å². The lowest BCUT2D eigenvalue weighted by Crippen LogP contribution is -2.13. The number of halogens is 3. The summed E-state index contributed by atoms with van der Waals surface area (Å²) < 4.78 is 14.6. The number of nitrogens with one attached hydrogen (secondary N) is 1. The largest absolute Gasteiger partial charge is 0.490 e. The van der Waals surface area contributed by atoms with Crippen LogP contribution in [0.3, 0.4) is 0 Å². The van der Waals surface area contributed by atoms with Crippen molar-refractivity contribution in [3.63, 3.8) is 0 Å². The highest BCUT2D eigenvalue weighted by molar-refractivity contribution is 14.1. The minimum atomic E-state index is -0.483. The van der Waals surface area contributed by atoms with Gasteiger partial charge >= 0.3 is 0 Å². The molecule has 8 heteroatoms. The Hall–Kier alpha value is -2.35. The first-order chi connectivity index (χ1) is 15.9. The maximum Gasteiger partial charge on any atom is 0.266 e. The SMILES string of the molecule is CCOc1cc(/C=C(\C#N)C(=O)Nc2ccc(Br)cc2)cc(I)c1OCc1ccc(Br)cc1. The first-order valence-corrected chi connectivity index (χ1v) is 12.6. The summed E-state index contributed by atoms with van der Waals surface area (Å²) in [6.07, 6.45) is 1.54. The van der Waals surface area contributed by atoms with Gasteiger partial charge in [-0.15, -0.1) is 0 Å². The van der Waals surface area contributed by atoms with E-state index in [-0.39, 0.29) is 5.57 Å². The van der Waals surface area contributed by atoms with Gasteiger partial charge in [0.2, 0.25) is 0 Å². The van der Waals surface area contributed by atoms with Crippen LogP contribution < -0.4 is 14.8 Å². The molecule has 0 fully saturated rings. The number of hydrogen-bond acceptors (Lipinski definition) is 4. The zero-order valence-corrected chi connectivity index (χ0v) is 22.9. The molecule has 1 N–H and O–H groups in total. The third-order valence-corrected chi connectivity index (χ3v) is 6.26. The fourth-order valence-corrected chi connectivity index (χ4v) is 4.17. The summed E-state index contributed by atoms with van der Waals surface area (Å²) in [6.45, 7) is 2.73.